The number of hydrogen-bond donors (Lipinski definition) is 1. The zero-order chi connectivity index (χ0) is 15.0. The molecule has 0 spiro atoms. The fourth-order valence-electron chi connectivity index (χ4n) is 3.22. The molecule has 2 aromatic rings. The lowest BCUT2D eigenvalue weighted by Gasteiger charge is -2.27. The molecule has 0 saturated heterocycles. The second-order valence-electron chi connectivity index (χ2n) is 6.16. The van der Waals surface area contributed by atoms with Crippen molar-refractivity contribution in [2.24, 2.45) is 0 Å². The lowest BCUT2D eigenvalue weighted by molar-refractivity contribution is 0.358. The lowest BCUT2D eigenvalue weighted by atomic mass is 9.93. The molecule has 0 radical (unpaired) electrons. The molecule has 0 aliphatic heterocycles. The predicted octanol–water partition coefficient (Wildman–Crippen LogP) is 5.36. The molecule has 1 atom stereocenters. The SMILES string of the molecule is C(=C\[C@H](NC1CCCCC1)c1ccccc1)/c1ccccc1. The smallest absolute Gasteiger partial charge is 0.0511 e. The first-order valence-electron chi connectivity index (χ1n) is 8.46. The van der Waals surface area contributed by atoms with E-state index >= 15 is 0 Å². The maximum atomic E-state index is 3.86. The minimum absolute atomic E-state index is 0.296. The van der Waals surface area contributed by atoms with Crippen LogP contribution in [0.2, 0.25) is 0 Å². The standard InChI is InChI=1S/C21H25N/c1-4-10-18(11-5-1)16-17-21(19-12-6-2-7-13-19)22-20-14-8-3-9-15-20/h1-2,4-7,10-13,16-17,20-22H,3,8-9,14-15H2/b17-16+/t21-/m0/s1. The molecule has 0 amide bonds. The fraction of sp³-hybridized carbons (Fsp3) is 0.333. The molecular weight excluding hydrogens is 266 g/mol. The Balaban J connectivity index is 1.75. The Hall–Kier alpha value is -1.86. The van der Waals surface area contributed by atoms with Crippen LogP contribution in [0.5, 0.6) is 0 Å². The average molecular weight is 291 g/mol. The minimum Gasteiger partial charge on any atom is -0.304 e. The zero-order valence-corrected chi connectivity index (χ0v) is 13.1. The molecule has 1 aliphatic rings. The summed E-state index contributed by atoms with van der Waals surface area (Å²) in [6.45, 7) is 0. The van der Waals surface area contributed by atoms with Crippen LogP contribution in [0.3, 0.4) is 0 Å². The van der Waals surface area contributed by atoms with E-state index in [4.69, 9.17) is 0 Å². The molecule has 0 aromatic heterocycles. The molecule has 0 unspecified atom stereocenters. The highest BCUT2D eigenvalue weighted by molar-refractivity contribution is 5.50. The van der Waals surface area contributed by atoms with E-state index in [1.807, 2.05) is 0 Å². The van der Waals surface area contributed by atoms with Gasteiger partial charge in [-0.2, -0.15) is 0 Å². The molecule has 0 heterocycles. The first kappa shape index (κ1) is 15.1. The molecule has 1 heteroatoms. The number of hydrogen-bond acceptors (Lipinski definition) is 1. The van der Waals surface area contributed by atoms with Crippen LogP contribution in [0.15, 0.2) is 66.7 Å². The minimum atomic E-state index is 0.296. The summed E-state index contributed by atoms with van der Waals surface area (Å²) in [5.41, 5.74) is 2.61. The van der Waals surface area contributed by atoms with Crippen molar-refractivity contribution in [1.29, 1.82) is 0 Å². The highest BCUT2D eigenvalue weighted by Gasteiger charge is 2.17. The van der Waals surface area contributed by atoms with Gasteiger partial charge in [-0.25, -0.2) is 0 Å². The molecule has 0 bridgehead atoms. The summed E-state index contributed by atoms with van der Waals surface area (Å²) in [7, 11) is 0. The molecule has 114 valence electrons. The summed E-state index contributed by atoms with van der Waals surface area (Å²) in [5, 5.41) is 3.86. The molecule has 22 heavy (non-hydrogen) atoms. The average Bonchev–Trinajstić information content (AvgIpc) is 2.61. The maximum absolute atomic E-state index is 3.86. The Labute approximate surface area is 134 Å². The van der Waals surface area contributed by atoms with Crippen LogP contribution in [0, 0.1) is 0 Å². The van der Waals surface area contributed by atoms with E-state index in [1.54, 1.807) is 0 Å². The zero-order valence-electron chi connectivity index (χ0n) is 13.1. The molecule has 1 N–H and O–H groups in total. The molecule has 1 fully saturated rings. The van der Waals surface area contributed by atoms with Crippen LogP contribution in [-0.2, 0) is 0 Å². The molecule has 2 aromatic carbocycles. The van der Waals surface area contributed by atoms with Gasteiger partial charge in [0.25, 0.3) is 0 Å². The van der Waals surface area contributed by atoms with E-state index in [2.05, 4.69) is 78.1 Å². The van der Waals surface area contributed by atoms with Gasteiger partial charge in [-0.15, -0.1) is 0 Å². The normalized spacial score (nSPS) is 17.6. The van der Waals surface area contributed by atoms with Gasteiger partial charge in [0, 0.05) is 6.04 Å². The molecule has 3 rings (SSSR count). The number of nitrogens with one attached hydrogen (secondary N) is 1. The first-order chi connectivity index (χ1) is 10.9. The van der Waals surface area contributed by atoms with Crippen LogP contribution >= 0.6 is 0 Å². The summed E-state index contributed by atoms with van der Waals surface area (Å²) in [6, 6.07) is 22.3. The van der Waals surface area contributed by atoms with Crippen molar-refractivity contribution in [2.45, 2.75) is 44.2 Å². The van der Waals surface area contributed by atoms with Crippen LogP contribution in [0.1, 0.15) is 49.3 Å². The first-order valence-corrected chi connectivity index (χ1v) is 8.46. The van der Waals surface area contributed by atoms with Gasteiger partial charge in [0.05, 0.1) is 6.04 Å². The number of benzene rings is 2. The van der Waals surface area contributed by atoms with Crippen molar-refractivity contribution in [2.75, 3.05) is 0 Å². The third kappa shape index (κ3) is 4.32. The van der Waals surface area contributed by atoms with Crippen molar-refractivity contribution in [1.82, 2.24) is 5.32 Å². The largest absolute Gasteiger partial charge is 0.304 e. The Morgan fingerprint density at radius 3 is 2.14 bits per heavy atom. The summed E-state index contributed by atoms with van der Waals surface area (Å²) in [4.78, 5) is 0. The van der Waals surface area contributed by atoms with Crippen molar-refractivity contribution in [3.8, 4) is 0 Å². The van der Waals surface area contributed by atoms with Gasteiger partial charge in [0.1, 0.15) is 0 Å². The number of rotatable bonds is 5. The Morgan fingerprint density at radius 1 is 0.818 bits per heavy atom. The van der Waals surface area contributed by atoms with Gasteiger partial charge in [-0.1, -0.05) is 92.1 Å². The van der Waals surface area contributed by atoms with E-state index in [-0.39, 0.29) is 0 Å². The van der Waals surface area contributed by atoms with Crippen molar-refractivity contribution in [3.63, 3.8) is 0 Å². The highest BCUT2D eigenvalue weighted by Crippen LogP contribution is 2.23. The summed E-state index contributed by atoms with van der Waals surface area (Å²) in [6.07, 6.45) is 11.3. The molecule has 1 saturated carbocycles. The van der Waals surface area contributed by atoms with Gasteiger partial charge in [-0.3, -0.25) is 0 Å². The lowest BCUT2D eigenvalue weighted by Crippen LogP contribution is -2.33. The second-order valence-corrected chi connectivity index (χ2v) is 6.16. The molecule has 1 aliphatic carbocycles. The van der Waals surface area contributed by atoms with Crippen molar-refractivity contribution < 1.29 is 0 Å². The quantitative estimate of drug-likeness (QED) is 0.781. The molecule has 1 nitrogen and oxygen atoms in total. The fourth-order valence-corrected chi connectivity index (χ4v) is 3.22. The molecular formula is C21H25N. The monoisotopic (exact) mass is 291 g/mol. The van der Waals surface area contributed by atoms with Crippen molar-refractivity contribution >= 4 is 6.08 Å². The van der Waals surface area contributed by atoms with Gasteiger partial charge >= 0.3 is 0 Å². The highest BCUT2D eigenvalue weighted by atomic mass is 14.9. The van der Waals surface area contributed by atoms with E-state index in [0.29, 0.717) is 12.1 Å². The Morgan fingerprint density at radius 2 is 1.45 bits per heavy atom. The Bertz CT molecular complexity index is 567. The summed E-state index contributed by atoms with van der Waals surface area (Å²) >= 11 is 0. The van der Waals surface area contributed by atoms with Crippen LogP contribution in [-0.4, -0.2) is 6.04 Å². The second kappa shape index (κ2) is 7.95. The van der Waals surface area contributed by atoms with Crippen LogP contribution in [0.4, 0.5) is 0 Å². The topological polar surface area (TPSA) is 12.0 Å². The van der Waals surface area contributed by atoms with E-state index in [1.165, 1.54) is 43.2 Å². The van der Waals surface area contributed by atoms with Crippen molar-refractivity contribution in [3.05, 3.63) is 77.9 Å². The van der Waals surface area contributed by atoms with Gasteiger partial charge in [-0.05, 0) is 24.0 Å². The summed E-state index contributed by atoms with van der Waals surface area (Å²) < 4.78 is 0. The van der Waals surface area contributed by atoms with Crippen LogP contribution < -0.4 is 5.32 Å². The van der Waals surface area contributed by atoms with E-state index in [9.17, 15) is 0 Å². The Kier molecular flexibility index (Phi) is 5.44. The van der Waals surface area contributed by atoms with E-state index < -0.39 is 0 Å². The van der Waals surface area contributed by atoms with Crippen LogP contribution in [0.25, 0.3) is 6.08 Å². The maximum Gasteiger partial charge on any atom is 0.0511 e. The van der Waals surface area contributed by atoms with Gasteiger partial charge in [0.2, 0.25) is 0 Å². The van der Waals surface area contributed by atoms with Gasteiger partial charge < -0.3 is 5.32 Å². The van der Waals surface area contributed by atoms with E-state index in [0.717, 1.165) is 0 Å². The van der Waals surface area contributed by atoms with Gasteiger partial charge in [0.15, 0.2) is 0 Å². The third-order valence-electron chi connectivity index (χ3n) is 4.46. The third-order valence-corrected chi connectivity index (χ3v) is 4.46. The summed E-state index contributed by atoms with van der Waals surface area (Å²) in [5.74, 6) is 0. The predicted molar refractivity (Wildman–Crippen MR) is 94.7 cm³/mol.